The quantitative estimate of drug-likeness (QED) is 0.874. The van der Waals surface area contributed by atoms with Crippen molar-refractivity contribution in [3.63, 3.8) is 0 Å². The van der Waals surface area contributed by atoms with E-state index in [9.17, 15) is 0 Å². The molecular weight excluding hydrogens is 212 g/mol. The summed E-state index contributed by atoms with van der Waals surface area (Å²) in [5.74, 6) is 2.10. The Kier molecular flexibility index (Phi) is 3.59. The van der Waals surface area contributed by atoms with Crippen LogP contribution in [-0.4, -0.2) is 30.6 Å². The molecule has 1 aliphatic heterocycles. The molecule has 1 unspecified atom stereocenters. The van der Waals surface area contributed by atoms with E-state index in [4.69, 9.17) is 4.42 Å². The smallest absolute Gasteiger partial charge is 0.121 e. The first-order valence-corrected chi connectivity index (χ1v) is 6.53. The lowest BCUT2D eigenvalue weighted by atomic mass is 9.89. The van der Waals surface area contributed by atoms with Crippen molar-refractivity contribution in [3.05, 3.63) is 23.7 Å². The second kappa shape index (κ2) is 4.83. The van der Waals surface area contributed by atoms with Crippen LogP contribution in [0.4, 0.5) is 0 Å². The Morgan fingerprint density at radius 2 is 2.00 bits per heavy atom. The third-order valence-corrected chi connectivity index (χ3v) is 4.23. The van der Waals surface area contributed by atoms with Crippen LogP contribution in [-0.2, 0) is 0 Å². The molecule has 1 fully saturated rings. The van der Waals surface area contributed by atoms with Crippen LogP contribution >= 0.6 is 0 Å². The van der Waals surface area contributed by atoms with E-state index in [1.54, 1.807) is 0 Å². The second-order valence-electron chi connectivity index (χ2n) is 5.47. The minimum absolute atomic E-state index is 0.315. The van der Waals surface area contributed by atoms with Gasteiger partial charge in [0.25, 0.3) is 0 Å². The number of hydrogen-bond acceptors (Lipinski definition) is 3. The lowest BCUT2D eigenvalue weighted by Gasteiger charge is -2.41. The van der Waals surface area contributed by atoms with E-state index >= 15 is 0 Å². The summed E-state index contributed by atoms with van der Waals surface area (Å²) in [6.07, 6.45) is 2.40. The number of nitrogens with zero attached hydrogens (tertiary/aromatic N) is 1. The summed E-state index contributed by atoms with van der Waals surface area (Å²) in [4.78, 5) is 2.51. The zero-order chi connectivity index (χ0) is 12.5. The van der Waals surface area contributed by atoms with Gasteiger partial charge in [-0.15, -0.1) is 0 Å². The Hall–Kier alpha value is -0.800. The van der Waals surface area contributed by atoms with Gasteiger partial charge in [-0.3, -0.25) is 4.90 Å². The van der Waals surface area contributed by atoms with Crippen LogP contribution in [0.25, 0.3) is 0 Å². The molecule has 0 aromatic carbocycles. The normalized spacial score (nSPS) is 22.6. The zero-order valence-corrected chi connectivity index (χ0v) is 11.4. The first-order valence-electron chi connectivity index (χ1n) is 6.53. The van der Waals surface area contributed by atoms with Crippen LogP contribution in [0.3, 0.4) is 0 Å². The standard InChI is InChI=1S/C14H24N2O/c1-11-5-6-13(17-11)12(2)16-9-7-14(3,15-4)8-10-16/h5-6,12,15H,7-10H2,1-4H3. The highest BCUT2D eigenvalue weighted by atomic mass is 16.3. The molecule has 1 aliphatic rings. The van der Waals surface area contributed by atoms with Crippen molar-refractivity contribution < 1.29 is 4.42 Å². The molecule has 0 amide bonds. The highest BCUT2D eigenvalue weighted by molar-refractivity contribution is 5.09. The zero-order valence-electron chi connectivity index (χ0n) is 11.4. The van der Waals surface area contributed by atoms with Gasteiger partial charge in [0.2, 0.25) is 0 Å². The van der Waals surface area contributed by atoms with Gasteiger partial charge in [-0.2, -0.15) is 0 Å². The Morgan fingerprint density at radius 1 is 1.35 bits per heavy atom. The fourth-order valence-corrected chi connectivity index (χ4v) is 2.51. The van der Waals surface area contributed by atoms with Gasteiger partial charge < -0.3 is 9.73 Å². The molecule has 17 heavy (non-hydrogen) atoms. The minimum Gasteiger partial charge on any atom is -0.465 e. The molecule has 0 aliphatic carbocycles. The molecule has 3 heteroatoms. The Labute approximate surface area is 104 Å². The van der Waals surface area contributed by atoms with Crippen LogP contribution < -0.4 is 5.32 Å². The molecule has 2 heterocycles. The van der Waals surface area contributed by atoms with Crippen LogP contribution in [0.5, 0.6) is 0 Å². The van der Waals surface area contributed by atoms with Gasteiger partial charge in [-0.1, -0.05) is 0 Å². The number of nitrogens with one attached hydrogen (secondary N) is 1. The predicted octanol–water partition coefficient (Wildman–Crippen LogP) is 2.72. The Morgan fingerprint density at radius 3 is 2.47 bits per heavy atom. The average Bonchev–Trinajstić information content (AvgIpc) is 2.76. The van der Waals surface area contributed by atoms with Crippen molar-refractivity contribution in [2.45, 2.75) is 45.2 Å². The van der Waals surface area contributed by atoms with Crippen LogP contribution in [0.2, 0.25) is 0 Å². The van der Waals surface area contributed by atoms with Gasteiger partial charge >= 0.3 is 0 Å². The number of likely N-dealkylation sites (tertiary alicyclic amines) is 1. The third kappa shape index (κ3) is 2.72. The number of rotatable bonds is 3. The largest absolute Gasteiger partial charge is 0.465 e. The summed E-state index contributed by atoms with van der Waals surface area (Å²) < 4.78 is 5.72. The van der Waals surface area contributed by atoms with Gasteiger partial charge in [-0.25, -0.2) is 0 Å². The third-order valence-electron chi connectivity index (χ3n) is 4.23. The Balaban J connectivity index is 1.97. The van der Waals surface area contributed by atoms with Crippen molar-refractivity contribution in [2.24, 2.45) is 0 Å². The van der Waals surface area contributed by atoms with Crippen LogP contribution in [0.15, 0.2) is 16.5 Å². The molecule has 1 aromatic rings. The van der Waals surface area contributed by atoms with E-state index in [-0.39, 0.29) is 0 Å². The van der Waals surface area contributed by atoms with Gasteiger partial charge in [0.05, 0.1) is 6.04 Å². The van der Waals surface area contributed by atoms with E-state index in [0.717, 1.165) is 24.6 Å². The first kappa shape index (κ1) is 12.7. The molecule has 3 nitrogen and oxygen atoms in total. The van der Waals surface area contributed by atoms with E-state index in [1.165, 1.54) is 12.8 Å². The summed E-state index contributed by atoms with van der Waals surface area (Å²) in [7, 11) is 2.06. The molecule has 2 rings (SSSR count). The number of furan rings is 1. The lowest BCUT2D eigenvalue weighted by Crippen LogP contribution is -2.50. The maximum absolute atomic E-state index is 5.72. The van der Waals surface area contributed by atoms with Crippen molar-refractivity contribution in [1.29, 1.82) is 0 Å². The average molecular weight is 236 g/mol. The number of aryl methyl sites for hydroxylation is 1. The summed E-state index contributed by atoms with van der Waals surface area (Å²) in [6, 6.07) is 4.55. The van der Waals surface area contributed by atoms with Crippen LogP contribution in [0.1, 0.15) is 44.3 Å². The monoisotopic (exact) mass is 236 g/mol. The fraction of sp³-hybridized carbons (Fsp3) is 0.714. The van der Waals surface area contributed by atoms with Crippen LogP contribution in [0, 0.1) is 6.92 Å². The van der Waals surface area contributed by atoms with Crippen molar-refractivity contribution in [3.8, 4) is 0 Å². The molecule has 0 saturated carbocycles. The summed E-state index contributed by atoms with van der Waals surface area (Å²) in [5.41, 5.74) is 0.315. The molecule has 1 N–H and O–H groups in total. The van der Waals surface area contributed by atoms with E-state index < -0.39 is 0 Å². The summed E-state index contributed by atoms with van der Waals surface area (Å²) in [6.45, 7) is 8.83. The fourth-order valence-electron chi connectivity index (χ4n) is 2.51. The SMILES string of the molecule is CNC1(C)CCN(C(C)c2ccc(C)o2)CC1. The minimum atomic E-state index is 0.315. The van der Waals surface area contributed by atoms with E-state index in [0.29, 0.717) is 11.6 Å². The predicted molar refractivity (Wildman–Crippen MR) is 70.1 cm³/mol. The maximum atomic E-state index is 5.72. The maximum Gasteiger partial charge on any atom is 0.121 e. The topological polar surface area (TPSA) is 28.4 Å². The lowest BCUT2D eigenvalue weighted by molar-refractivity contribution is 0.106. The Bertz CT molecular complexity index is 364. The molecular formula is C14H24N2O. The van der Waals surface area contributed by atoms with Gasteiger partial charge in [0, 0.05) is 18.6 Å². The molecule has 1 atom stereocenters. The molecule has 0 bridgehead atoms. The van der Waals surface area contributed by atoms with Crippen molar-refractivity contribution in [2.75, 3.05) is 20.1 Å². The van der Waals surface area contributed by atoms with E-state index in [1.807, 2.05) is 13.0 Å². The summed E-state index contributed by atoms with van der Waals surface area (Å²) in [5, 5.41) is 3.43. The first-order chi connectivity index (χ1) is 8.04. The highest BCUT2D eigenvalue weighted by Gasteiger charge is 2.31. The molecule has 0 radical (unpaired) electrons. The van der Waals surface area contributed by atoms with Crippen molar-refractivity contribution >= 4 is 0 Å². The van der Waals surface area contributed by atoms with Gasteiger partial charge in [0.15, 0.2) is 0 Å². The molecule has 1 aromatic heterocycles. The van der Waals surface area contributed by atoms with Gasteiger partial charge in [-0.05, 0) is 52.8 Å². The number of piperidine rings is 1. The van der Waals surface area contributed by atoms with E-state index in [2.05, 4.69) is 37.2 Å². The number of hydrogen-bond donors (Lipinski definition) is 1. The van der Waals surface area contributed by atoms with Gasteiger partial charge in [0.1, 0.15) is 11.5 Å². The second-order valence-corrected chi connectivity index (χ2v) is 5.47. The highest BCUT2D eigenvalue weighted by Crippen LogP contribution is 2.29. The molecule has 0 spiro atoms. The molecule has 1 saturated heterocycles. The molecule has 96 valence electrons. The summed E-state index contributed by atoms with van der Waals surface area (Å²) >= 11 is 0. The van der Waals surface area contributed by atoms with Crippen molar-refractivity contribution in [1.82, 2.24) is 10.2 Å².